The van der Waals surface area contributed by atoms with Crippen LogP contribution >= 0.6 is 0 Å². The number of rotatable bonds is 8. The number of carbonyl (C=O) groups is 3. The highest BCUT2D eigenvalue weighted by Crippen LogP contribution is 2.37. The SMILES string of the molecule is CCC1OC(=O)C(C)C(=O)C(C)C(OC2OC(C)CC(N(C)C)C2O)C(C)(OCC=Cc2cccc3ccccc23)CC(C)C(=O)NC(C)C(O)C1(C)O. The summed E-state index contributed by atoms with van der Waals surface area (Å²) in [6.45, 7) is 13.1. The predicted octanol–water partition coefficient (Wildman–Crippen LogP) is 4.26. The smallest absolute Gasteiger partial charge is 0.316 e. The van der Waals surface area contributed by atoms with E-state index in [1.165, 1.54) is 13.8 Å². The first-order chi connectivity index (χ1) is 25.3. The van der Waals surface area contributed by atoms with Gasteiger partial charge in [0.25, 0.3) is 0 Å². The van der Waals surface area contributed by atoms with Crippen molar-refractivity contribution in [2.24, 2.45) is 17.8 Å². The second-order valence-corrected chi connectivity index (χ2v) is 16.0. The second-order valence-electron chi connectivity index (χ2n) is 16.0. The van der Waals surface area contributed by atoms with Crippen LogP contribution in [0.3, 0.4) is 0 Å². The Labute approximate surface area is 320 Å². The number of nitrogens with one attached hydrogen (secondary N) is 1. The molecular weight excluding hydrogens is 692 g/mol. The lowest BCUT2D eigenvalue weighted by Gasteiger charge is -2.47. The minimum absolute atomic E-state index is 0.0360. The van der Waals surface area contributed by atoms with E-state index in [9.17, 15) is 29.7 Å². The fourth-order valence-electron chi connectivity index (χ4n) is 8.02. The molecule has 2 aromatic rings. The Morgan fingerprint density at radius 2 is 1.67 bits per heavy atom. The molecule has 2 saturated heterocycles. The van der Waals surface area contributed by atoms with E-state index in [4.69, 9.17) is 18.9 Å². The number of nitrogens with zero attached hydrogens (tertiary/aromatic N) is 1. The van der Waals surface area contributed by atoms with E-state index in [1.807, 2.05) is 80.5 Å². The van der Waals surface area contributed by atoms with Crippen molar-refractivity contribution in [3.05, 3.63) is 54.1 Å². The molecule has 1 amide bonds. The average Bonchev–Trinajstić information content (AvgIpc) is 3.13. The highest BCUT2D eigenvalue weighted by atomic mass is 16.7. The molecule has 12 heteroatoms. The molecule has 2 fully saturated rings. The zero-order valence-electron chi connectivity index (χ0n) is 33.5. The Bertz CT molecular complexity index is 1620. The summed E-state index contributed by atoms with van der Waals surface area (Å²) in [4.78, 5) is 43.7. The summed E-state index contributed by atoms with van der Waals surface area (Å²) < 4.78 is 25.3. The molecule has 54 heavy (non-hydrogen) atoms. The molecule has 0 saturated carbocycles. The normalized spacial score (nSPS) is 37.9. The fourth-order valence-corrected chi connectivity index (χ4v) is 8.02. The number of Topliss-reactive ketones (excluding diaryl/α,β-unsaturated/α-hetero) is 1. The van der Waals surface area contributed by atoms with E-state index in [1.54, 1.807) is 34.6 Å². The van der Waals surface area contributed by atoms with Crippen LogP contribution in [0.25, 0.3) is 16.8 Å². The molecule has 0 aromatic heterocycles. The standard InChI is InChI=1S/C42H62N2O10/c1-11-33-42(8,50)36(47)28(6)43-38(48)24(2)23-41(7,51-21-15-19-30-18-14-17-29-16-12-13-20-31(29)30)37(26(4)34(45)27(5)39(49)53-33)54-40-35(46)32(44(9)10)22-25(3)52-40/h12-20,24-28,32-33,35-37,40,46-47,50H,11,21-23H2,1-10H3,(H,43,48). The third-order valence-electron chi connectivity index (χ3n) is 11.4. The maximum Gasteiger partial charge on any atom is 0.316 e. The fraction of sp³-hybridized carbons (Fsp3) is 0.643. The number of cyclic esters (lactones) is 1. The van der Waals surface area contributed by atoms with Crippen molar-refractivity contribution in [3.63, 3.8) is 0 Å². The number of ether oxygens (including phenoxy) is 4. The predicted molar refractivity (Wildman–Crippen MR) is 206 cm³/mol. The van der Waals surface area contributed by atoms with E-state index < -0.39 is 83.4 Å². The molecular formula is C42H62N2O10. The molecule has 13 unspecified atom stereocenters. The van der Waals surface area contributed by atoms with Gasteiger partial charge in [-0.05, 0) is 84.3 Å². The van der Waals surface area contributed by atoms with Gasteiger partial charge in [0.05, 0.1) is 30.5 Å². The minimum atomic E-state index is -1.96. The highest BCUT2D eigenvalue weighted by molar-refractivity contribution is 6.00. The van der Waals surface area contributed by atoms with Crippen LogP contribution in [-0.4, -0.2) is 119 Å². The van der Waals surface area contributed by atoms with Gasteiger partial charge in [0.2, 0.25) is 5.91 Å². The molecule has 4 rings (SSSR count). The Balaban J connectivity index is 1.79. The van der Waals surface area contributed by atoms with E-state index in [0.29, 0.717) is 6.42 Å². The number of carbonyl (C=O) groups excluding carboxylic acids is 3. The van der Waals surface area contributed by atoms with Crippen LogP contribution in [0, 0.1) is 17.8 Å². The maximum atomic E-state index is 14.4. The number of ketones is 1. The van der Waals surface area contributed by atoms with Gasteiger partial charge in [0.15, 0.2) is 12.1 Å². The topological polar surface area (TPSA) is 164 Å². The number of benzene rings is 2. The van der Waals surface area contributed by atoms with Gasteiger partial charge in [-0.25, -0.2) is 0 Å². The zero-order valence-corrected chi connectivity index (χ0v) is 33.5. The number of hydrogen-bond donors (Lipinski definition) is 4. The largest absolute Gasteiger partial charge is 0.459 e. The average molecular weight is 755 g/mol. The van der Waals surface area contributed by atoms with Gasteiger partial charge in [0.1, 0.15) is 29.8 Å². The van der Waals surface area contributed by atoms with Crippen molar-refractivity contribution >= 4 is 34.5 Å². The molecule has 2 aliphatic rings. The summed E-state index contributed by atoms with van der Waals surface area (Å²) in [5, 5.41) is 39.2. The van der Waals surface area contributed by atoms with Crippen molar-refractivity contribution in [2.45, 2.75) is 135 Å². The molecule has 300 valence electrons. The highest BCUT2D eigenvalue weighted by Gasteiger charge is 2.51. The molecule has 4 N–H and O–H groups in total. The summed E-state index contributed by atoms with van der Waals surface area (Å²) in [7, 11) is 3.72. The van der Waals surface area contributed by atoms with Crippen molar-refractivity contribution in [1.29, 1.82) is 0 Å². The van der Waals surface area contributed by atoms with Crippen LogP contribution in [-0.2, 0) is 33.3 Å². The number of aliphatic hydroxyl groups is 3. The van der Waals surface area contributed by atoms with Crippen LogP contribution in [0.15, 0.2) is 48.5 Å². The summed E-state index contributed by atoms with van der Waals surface area (Å²) in [6, 6.07) is 12.8. The second kappa shape index (κ2) is 18.1. The Morgan fingerprint density at radius 3 is 2.33 bits per heavy atom. The van der Waals surface area contributed by atoms with E-state index in [2.05, 4.69) is 5.32 Å². The van der Waals surface area contributed by atoms with E-state index in [0.717, 1.165) is 16.3 Å². The van der Waals surface area contributed by atoms with Crippen molar-refractivity contribution in [3.8, 4) is 0 Å². The van der Waals surface area contributed by atoms with Crippen molar-refractivity contribution < 1.29 is 48.7 Å². The summed E-state index contributed by atoms with van der Waals surface area (Å²) >= 11 is 0. The van der Waals surface area contributed by atoms with Gasteiger partial charge in [-0.15, -0.1) is 0 Å². The molecule has 0 spiro atoms. The van der Waals surface area contributed by atoms with Crippen LogP contribution in [0.4, 0.5) is 0 Å². The number of aliphatic hydroxyl groups excluding tert-OH is 2. The van der Waals surface area contributed by atoms with Gasteiger partial charge in [0, 0.05) is 17.9 Å². The Kier molecular flexibility index (Phi) is 14.6. The first-order valence-corrected chi connectivity index (χ1v) is 19.2. The monoisotopic (exact) mass is 754 g/mol. The van der Waals surface area contributed by atoms with Gasteiger partial charge in [-0.1, -0.05) is 75.4 Å². The number of esters is 1. The molecule has 2 heterocycles. The lowest BCUT2D eigenvalue weighted by atomic mass is 9.78. The minimum Gasteiger partial charge on any atom is -0.459 e. The lowest BCUT2D eigenvalue weighted by molar-refractivity contribution is -0.296. The van der Waals surface area contributed by atoms with E-state index in [-0.39, 0.29) is 31.6 Å². The van der Waals surface area contributed by atoms with Gasteiger partial charge < -0.3 is 44.5 Å². The Morgan fingerprint density at radius 1 is 1.00 bits per heavy atom. The number of fused-ring (bicyclic) bond motifs is 1. The summed E-state index contributed by atoms with van der Waals surface area (Å²) in [5.74, 6) is -4.91. The number of likely N-dealkylation sites (N-methyl/N-ethyl adjacent to an activating group) is 1. The molecule has 13 atom stereocenters. The maximum absolute atomic E-state index is 14.4. The van der Waals surface area contributed by atoms with Crippen molar-refractivity contribution in [2.75, 3.05) is 20.7 Å². The first kappa shape index (κ1) is 43.5. The molecule has 12 nitrogen and oxygen atoms in total. The zero-order chi connectivity index (χ0) is 40.1. The van der Waals surface area contributed by atoms with E-state index >= 15 is 0 Å². The molecule has 2 aromatic carbocycles. The first-order valence-electron chi connectivity index (χ1n) is 19.2. The van der Waals surface area contributed by atoms with Crippen molar-refractivity contribution in [1.82, 2.24) is 10.2 Å². The molecule has 0 aliphatic carbocycles. The lowest BCUT2D eigenvalue weighted by Crippen LogP contribution is -2.60. The third kappa shape index (κ3) is 9.76. The van der Waals surface area contributed by atoms with Gasteiger partial charge in [-0.3, -0.25) is 14.4 Å². The molecule has 0 bridgehead atoms. The third-order valence-corrected chi connectivity index (χ3v) is 11.4. The van der Waals surface area contributed by atoms with Gasteiger partial charge >= 0.3 is 5.97 Å². The number of hydrogen-bond acceptors (Lipinski definition) is 11. The van der Waals surface area contributed by atoms with Crippen LogP contribution in [0.2, 0.25) is 0 Å². The van der Waals surface area contributed by atoms with Crippen LogP contribution < -0.4 is 5.32 Å². The molecule has 0 radical (unpaired) electrons. The quantitative estimate of drug-likeness (QED) is 0.225. The summed E-state index contributed by atoms with van der Waals surface area (Å²) in [5.41, 5.74) is -2.35. The van der Waals surface area contributed by atoms with Crippen LogP contribution in [0.5, 0.6) is 0 Å². The number of amides is 1. The summed E-state index contributed by atoms with van der Waals surface area (Å²) in [6.07, 6.45) is -1.86. The molecule has 2 aliphatic heterocycles. The van der Waals surface area contributed by atoms with Crippen LogP contribution in [0.1, 0.15) is 80.2 Å². The van der Waals surface area contributed by atoms with Gasteiger partial charge in [-0.2, -0.15) is 0 Å². The Hall–Kier alpha value is -3.23.